The lowest BCUT2D eigenvalue weighted by Crippen LogP contribution is -2.29. The molecule has 0 aliphatic carbocycles. The summed E-state index contributed by atoms with van der Waals surface area (Å²) < 4.78 is 0. The highest BCUT2D eigenvalue weighted by Gasteiger charge is 2.11. The summed E-state index contributed by atoms with van der Waals surface area (Å²) >= 11 is 7.34. The number of carbonyl (C=O) groups is 1. The van der Waals surface area contributed by atoms with Crippen molar-refractivity contribution in [3.05, 3.63) is 34.9 Å². The summed E-state index contributed by atoms with van der Waals surface area (Å²) in [5, 5.41) is 13.0. The number of hydrogen-bond acceptors (Lipinski definition) is 3. The Morgan fingerprint density at radius 3 is 2.84 bits per heavy atom. The fourth-order valence-corrected chi connectivity index (χ4v) is 2.44. The Kier molecular flexibility index (Phi) is 7.28. The summed E-state index contributed by atoms with van der Waals surface area (Å²) in [7, 11) is 0. The molecule has 3 nitrogen and oxygen atoms in total. The number of aliphatic hydroxyl groups is 1. The van der Waals surface area contributed by atoms with Crippen molar-refractivity contribution in [1.29, 1.82) is 0 Å². The van der Waals surface area contributed by atoms with E-state index in [-0.39, 0.29) is 11.2 Å². The standard InChI is InChI=1S/C14H20ClNO2S/c1-10(17)11(2)19-9-14(18)16-7-6-12-4-3-5-13(15)8-12/h3-5,8,10-11,17H,6-7,9H2,1-2H3,(H,16,18). The van der Waals surface area contributed by atoms with Crippen LogP contribution in [0, 0.1) is 0 Å². The van der Waals surface area contributed by atoms with Crippen molar-refractivity contribution < 1.29 is 9.90 Å². The molecule has 0 saturated heterocycles. The highest BCUT2D eigenvalue weighted by atomic mass is 35.5. The molecule has 2 atom stereocenters. The maximum Gasteiger partial charge on any atom is 0.230 e. The first kappa shape index (κ1) is 16.3. The minimum absolute atomic E-state index is 0.000437. The largest absolute Gasteiger partial charge is 0.392 e. The molecule has 19 heavy (non-hydrogen) atoms. The Morgan fingerprint density at radius 1 is 1.47 bits per heavy atom. The van der Waals surface area contributed by atoms with Crippen molar-refractivity contribution in [2.24, 2.45) is 0 Å². The van der Waals surface area contributed by atoms with E-state index in [0.717, 1.165) is 12.0 Å². The Bertz CT molecular complexity index is 412. The molecule has 0 aliphatic rings. The van der Waals surface area contributed by atoms with Crippen LogP contribution in [0.2, 0.25) is 5.02 Å². The number of thioether (sulfide) groups is 1. The highest BCUT2D eigenvalue weighted by Crippen LogP contribution is 2.13. The summed E-state index contributed by atoms with van der Waals surface area (Å²) in [6, 6.07) is 7.62. The van der Waals surface area contributed by atoms with Gasteiger partial charge < -0.3 is 10.4 Å². The van der Waals surface area contributed by atoms with Crippen molar-refractivity contribution in [3.63, 3.8) is 0 Å². The average Bonchev–Trinajstić information content (AvgIpc) is 2.36. The van der Waals surface area contributed by atoms with Crippen molar-refractivity contribution in [3.8, 4) is 0 Å². The Hall–Kier alpha value is -0.710. The summed E-state index contributed by atoms with van der Waals surface area (Å²) in [5.74, 6) is 0.376. The van der Waals surface area contributed by atoms with Crippen LogP contribution in [0.3, 0.4) is 0 Å². The zero-order valence-electron chi connectivity index (χ0n) is 11.2. The molecule has 0 spiro atoms. The minimum atomic E-state index is -0.399. The summed E-state index contributed by atoms with van der Waals surface area (Å²) in [6.45, 7) is 4.24. The third kappa shape index (κ3) is 6.85. The highest BCUT2D eigenvalue weighted by molar-refractivity contribution is 8.00. The first-order chi connectivity index (χ1) is 8.99. The molecule has 1 rings (SSSR count). The lowest BCUT2D eigenvalue weighted by Gasteiger charge is -2.13. The molecule has 0 saturated carbocycles. The predicted octanol–water partition coefficient (Wildman–Crippen LogP) is 2.50. The van der Waals surface area contributed by atoms with E-state index >= 15 is 0 Å². The lowest BCUT2D eigenvalue weighted by molar-refractivity contribution is -0.118. The van der Waals surface area contributed by atoms with Crippen LogP contribution < -0.4 is 5.32 Å². The minimum Gasteiger partial charge on any atom is -0.392 e. The van der Waals surface area contributed by atoms with E-state index in [2.05, 4.69) is 5.32 Å². The van der Waals surface area contributed by atoms with Gasteiger partial charge in [0.1, 0.15) is 0 Å². The van der Waals surface area contributed by atoms with Gasteiger partial charge in [-0.05, 0) is 31.0 Å². The molecule has 1 aromatic carbocycles. The number of amides is 1. The average molecular weight is 302 g/mol. The topological polar surface area (TPSA) is 49.3 Å². The quantitative estimate of drug-likeness (QED) is 0.813. The van der Waals surface area contributed by atoms with Gasteiger partial charge in [0.15, 0.2) is 0 Å². The molecule has 1 amide bonds. The van der Waals surface area contributed by atoms with E-state index in [1.165, 1.54) is 11.8 Å². The molecule has 106 valence electrons. The molecule has 0 bridgehead atoms. The summed E-state index contributed by atoms with van der Waals surface area (Å²) in [4.78, 5) is 11.6. The van der Waals surface area contributed by atoms with E-state index < -0.39 is 6.10 Å². The van der Waals surface area contributed by atoms with Gasteiger partial charge in [0.05, 0.1) is 11.9 Å². The Labute approximate surface area is 123 Å². The third-order valence-corrected chi connectivity index (χ3v) is 4.37. The SMILES string of the molecule is CC(O)C(C)SCC(=O)NCCc1cccc(Cl)c1. The molecule has 2 unspecified atom stereocenters. The first-order valence-corrected chi connectivity index (χ1v) is 7.72. The van der Waals surface area contributed by atoms with Crippen LogP contribution in [0.1, 0.15) is 19.4 Å². The molecule has 5 heteroatoms. The van der Waals surface area contributed by atoms with Crippen LogP contribution in [-0.2, 0) is 11.2 Å². The van der Waals surface area contributed by atoms with Gasteiger partial charge >= 0.3 is 0 Å². The number of hydrogen-bond donors (Lipinski definition) is 2. The molecule has 2 N–H and O–H groups in total. The van der Waals surface area contributed by atoms with Crippen LogP contribution in [0.15, 0.2) is 24.3 Å². The normalized spacial score (nSPS) is 13.9. The van der Waals surface area contributed by atoms with Gasteiger partial charge in [-0.3, -0.25) is 4.79 Å². The van der Waals surface area contributed by atoms with E-state index in [9.17, 15) is 9.90 Å². The van der Waals surface area contributed by atoms with Crippen molar-refractivity contribution >= 4 is 29.3 Å². The van der Waals surface area contributed by atoms with Crippen LogP contribution >= 0.6 is 23.4 Å². The molecular formula is C14H20ClNO2S. The molecule has 0 heterocycles. The van der Waals surface area contributed by atoms with Gasteiger partial charge in [-0.25, -0.2) is 0 Å². The summed E-state index contributed by atoms with van der Waals surface area (Å²) in [6.07, 6.45) is 0.368. The van der Waals surface area contributed by atoms with Crippen LogP contribution in [-0.4, -0.2) is 34.7 Å². The molecule has 0 radical (unpaired) electrons. The van der Waals surface area contributed by atoms with Gasteiger partial charge in [-0.1, -0.05) is 30.7 Å². The second kappa shape index (κ2) is 8.46. The smallest absolute Gasteiger partial charge is 0.230 e. The number of nitrogens with one attached hydrogen (secondary N) is 1. The maximum absolute atomic E-state index is 11.6. The first-order valence-electron chi connectivity index (χ1n) is 6.30. The van der Waals surface area contributed by atoms with Crippen LogP contribution in [0.5, 0.6) is 0 Å². The summed E-state index contributed by atoms with van der Waals surface area (Å²) in [5.41, 5.74) is 1.11. The number of halogens is 1. The molecule has 1 aromatic rings. The number of rotatable bonds is 7. The maximum atomic E-state index is 11.6. The fraction of sp³-hybridized carbons (Fsp3) is 0.500. The van der Waals surface area contributed by atoms with Crippen molar-refractivity contribution in [2.45, 2.75) is 31.6 Å². The van der Waals surface area contributed by atoms with Gasteiger partial charge in [0.25, 0.3) is 0 Å². The lowest BCUT2D eigenvalue weighted by atomic mass is 10.1. The zero-order chi connectivity index (χ0) is 14.3. The van der Waals surface area contributed by atoms with Gasteiger partial charge in [-0.2, -0.15) is 0 Å². The van der Waals surface area contributed by atoms with Crippen molar-refractivity contribution in [2.75, 3.05) is 12.3 Å². The number of carbonyl (C=O) groups excluding carboxylic acids is 1. The second-order valence-corrected chi connectivity index (χ2v) is 6.29. The van der Waals surface area contributed by atoms with Gasteiger partial charge in [0.2, 0.25) is 5.91 Å². The van der Waals surface area contributed by atoms with Crippen LogP contribution in [0.25, 0.3) is 0 Å². The molecular weight excluding hydrogens is 282 g/mol. The second-order valence-electron chi connectivity index (χ2n) is 4.49. The monoisotopic (exact) mass is 301 g/mol. The van der Waals surface area contributed by atoms with Crippen LogP contribution in [0.4, 0.5) is 0 Å². The van der Waals surface area contributed by atoms with Gasteiger partial charge in [0, 0.05) is 16.8 Å². The zero-order valence-corrected chi connectivity index (χ0v) is 12.8. The number of benzene rings is 1. The van der Waals surface area contributed by atoms with Crippen molar-refractivity contribution in [1.82, 2.24) is 5.32 Å². The van der Waals surface area contributed by atoms with E-state index in [4.69, 9.17) is 11.6 Å². The molecule has 0 aliphatic heterocycles. The van der Waals surface area contributed by atoms with E-state index in [0.29, 0.717) is 17.3 Å². The Morgan fingerprint density at radius 2 is 2.21 bits per heavy atom. The van der Waals surface area contributed by atoms with Gasteiger partial charge in [-0.15, -0.1) is 11.8 Å². The Balaban J connectivity index is 2.20. The predicted molar refractivity (Wildman–Crippen MR) is 81.8 cm³/mol. The number of aliphatic hydroxyl groups excluding tert-OH is 1. The van der Waals surface area contributed by atoms with E-state index in [1.807, 2.05) is 31.2 Å². The fourth-order valence-electron chi connectivity index (χ4n) is 1.44. The third-order valence-electron chi connectivity index (χ3n) is 2.78. The van der Waals surface area contributed by atoms with E-state index in [1.54, 1.807) is 6.92 Å². The molecule has 0 fully saturated rings. The molecule has 0 aromatic heterocycles.